The van der Waals surface area contributed by atoms with Gasteiger partial charge in [-0.25, -0.2) is 0 Å². The molecule has 0 radical (unpaired) electrons. The Balaban J connectivity index is 2.18. The van der Waals surface area contributed by atoms with Gasteiger partial charge < -0.3 is 10.5 Å². The number of hydrogen-bond acceptors (Lipinski definition) is 2. The molecule has 0 amide bonds. The van der Waals surface area contributed by atoms with Gasteiger partial charge in [0.1, 0.15) is 12.4 Å². The van der Waals surface area contributed by atoms with Gasteiger partial charge in [-0.1, -0.05) is 47.0 Å². The zero-order valence-corrected chi connectivity index (χ0v) is 12.7. The Morgan fingerprint density at radius 1 is 0.950 bits per heavy atom. The molecule has 2 N–H and O–H groups in total. The maximum Gasteiger partial charge on any atom is 0.124 e. The fraction of sp³-hybridized carbons (Fsp3) is 0.333. The van der Waals surface area contributed by atoms with Gasteiger partial charge >= 0.3 is 0 Å². The van der Waals surface area contributed by atoms with E-state index in [0.717, 1.165) is 11.3 Å². The van der Waals surface area contributed by atoms with Crippen LogP contribution in [-0.4, -0.2) is 0 Å². The van der Waals surface area contributed by atoms with E-state index in [-0.39, 0.29) is 6.04 Å². The average molecular weight is 269 g/mol. The van der Waals surface area contributed by atoms with Crippen LogP contribution in [0.4, 0.5) is 0 Å². The molecule has 0 saturated heterocycles. The standard InChI is InChI=1S/C18H23NO/c1-12-5-6-18(17(10-12)15(4)19)20-11-16-8-13(2)7-14(3)9-16/h5-10,15H,11,19H2,1-4H3/t15-/m0/s1. The second-order valence-electron chi connectivity index (χ2n) is 5.61. The van der Waals surface area contributed by atoms with Crippen LogP contribution in [-0.2, 0) is 6.61 Å². The smallest absolute Gasteiger partial charge is 0.124 e. The van der Waals surface area contributed by atoms with Crippen LogP contribution in [0.2, 0.25) is 0 Å². The largest absolute Gasteiger partial charge is 0.489 e. The summed E-state index contributed by atoms with van der Waals surface area (Å²) in [5.74, 6) is 0.879. The highest BCUT2D eigenvalue weighted by atomic mass is 16.5. The van der Waals surface area contributed by atoms with Crippen molar-refractivity contribution in [2.24, 2.45) is 5.73 Å². The zero-order valence-electron chi connectivity index (χ0n) is 12.7. The lowest BCUT2D eigenvalue weighted by atomic mass is 10.0. The molecule has 0 heterocycles. The van der Waals surface area contributed by atoms with E-state index in [1.807, 2.05) is 13.0 Å². The first-order chi connectivity index (χ1) is 9.45. The molecule has 0 bridgehead atoms. The van der Waals surface area contributed by atoms with Crippen LogP contribution in [0.5, 0.6) is 5.75 Å². The summed E-state index contributed by atoms with van der Waals surface area (Å²) in [7, 11) is 0. The molecule has 2 aromatic carbocycles. The molecule has 0 aliphatic heterocycles. The van der Waals surface area contributed by atoms with Crippen molar-refractivity contribution in [1.29, 1.82) is 0 Å². The average Bonchev–Trinajstić information content (AvgIpc) is 2.36. The Hall–Kier alpha value is -1.80. The second kappa shape index (κ2) is 6.10. The van der Waals surface area contributed by atoms with E-state index in [1.165, 1.54) is 22.3 Å². The van der Waals surface area contributed by atoms with Crippen LogP contribution in [0.3, 0.4) is 0 Å². The Labute approximate surface area is 121 Å². The highest BCUT2D eigenvalue weighted by molar-refractivity contribution is 5.39. The molecule has 0 aliphatic rings. The van der Waals surface area contributed by atoms with Gasteiger partial charge in [0.15, 0.2) is 0 Å². The van der Waals surface area contributed by atoms with Gasteiger partial charge in [0, 0.05) is 11.6 Å². The van der Waals surface area contributed by atoms with Gasteiger partial charge in [-0.2, -0.15) is 0 Å². The number of nitrogens with two attached hydrogens (primary N) is 1. The summed E-state index contributed by atoms with van der Waals surface area (Å²) in [6.07, 6.45) is 0. The molecular formula is C18H23NO. The van der Waals surface area contributed by atoms with Crippen LogP contribution in [0.1, 0.15) is 40.8 Å². The van der Waals surface area contributed by atoms with Crippen LogP contribution in [0.15, 0.2) is 36.4 Å². The van der Waals surface area contributed by atoms with E-state index in [0.29, 0.717) is 6.61 Å². The maximum absolute atomic E-state index is 6.02. The number of ether oxygens (including phenoxy) is 1. The van der Waals surface area contributed by atoms with Crippen molar-refractivity contribution in [1.82, 2.24) is 0 Å². The summed E-state index contributed by atoms with van der Waals surface area (Å²) >= 11 is 0. The normalized spacial score (nSPS) is 12.2. The summed E-state index contributed by atoms with van der Waals surface area (Å²) < 4.78 is 5.97. The first-order valence-corrected chi connectivity index (χ1v) is 7.02. The van der Waals surface area contributed by atoms with Crippen molar-refractivity contribution >= 4 is 0 Å². The molecule has 0 unspecified atom stereocenters. The molecule has 106 valence electrons. The molecule has 0 aliphatic carbocycles. The zero-order chi connectivity index (χ0) is 14.7. The topological polar surface area (TPSA) is 35.2 Å². The Morgan fingerprint density at radius 3 is 2.20 bits per heavy atom. The fourth-order valence-electron chi connectivity index (χ4n) is 2.47. The van der Waals surface area contributed by atoms with Gasteiger partial charge in [0.25, 0.3) is 0 Å². The van der Waals surface area contributed by atoms with Crippen molar-refractivity contribution in [3.63, 3.8) is 0 Å². The van der Waals surface area contributed by atoms with Crippen molar-refractivity contribution in [3.8, 4) is 5.75 Å². The third-order valence-corrected chi connectivity index (χ3v) is 3.33. The van der Waals surface area contributed by atoms with E-state index in [1.54, 1.807) is 0 Å². The summed E-state index contributed by atoms with van der Waals surface area (Å²) in [6, 6.07) is 12.6. The third-order valence-electron chi connectivity index (χ3n) is 3.33. The lowest BCUT2D eigenvalue weighted by Crippen LogP contribution is -2.08. The van der Waals surface area contributed by atoms with Crippen molar-refractivity contribution < 1.29 is 4.74 Å². The Morgan fingerprint density at radius 2 is 1.60 bits per heavy atom. The molecule has 0 spiro atoms. The number of rotatable bonds is 4. The minimum Gasteiger partial charge on any atom is -0.489 e. The Kier molecular flexibility index (Phi) is 4.46. The van der Waals surface area contributed by atoms with Gasteiger partial charge in [-0.15, -0.1) is 0 Å². The third kappa shape index (κ3) is 3.61. The molecule has 0 saturated carbocycles. The van der Waals surface area contributed by atoms with Crippen LogP contribution >= 0.6 is 0 Å². The number of aryl methyl sites for hydroxylation is 3. The number of hydrogen-bond donors (Lipinski definition) is 1. The minimum absolute atomic E-state index is 0.0239. The predicted octanol–water partition coefficient (Wildman–Crippen LogP) is 4.21. The molecule has 1 atom stereocenters. The SMILES string of the molecule is Cc1cc(C)cc(COc2ccc(C)cc2[C@H](C)N)c1. The fourth-order valence-corrected chi connectivity index (χ4v) is 2.47. The Bertz CT molecular complexity index is 582. The lowest BCUT2D eigenvalue weighted by Gasteiger charge is -2.15. The van der Waals surface area contributed by atoms with Gasteiger partial charge in [0.05, 0.1) is 0 Å². The van der Waals surface area contributed by atoms with Crippen molar-refractivity contribution in [2.75, 3.05) is 0 Å². The molecule has 2 aromatic rings. The predicted molar refractivity (Wildman–Crippen MR) is 84.0 cm³/mol. The first kappa shape index (κ1) is 14.6. The molecule has 20 heavy (non-hydrogen) atoms. The van der Waals surface area contributed by atoms with E-state index in [4.69, 9.17) is 10.5 Å². The van der Waals surface area contributed by atoms with Crippen LogP contribution in [0, 0.1) is 20.8 Å². The molecule has 0 fully saturated rings. The highest BCUT2D eigenvalue weighted by Gasteiger charge is 2.08. The van der Waals surface area contributed by atoms with Gasteiger partial charge in [-0.3, -0.25) is 0 Å². The van der Waals surface area contributed by atoms with Gasteiger partial charge in [-0.05, 0) is 39.3 Å². The van der Waals surface area contributed by atoms with E-state index in [2.05, 4.69) is 51.1 Å². The van der Waals surface area contributed by atoms with E-state index >= 15 is 0 Å². The molecule has 2 nitrogen and oxygen atoms in total. The molecule has 2 heteroatoms. The monoisotopic (exact) mass is 269 g/mol. The second-order valence-corrected chi connectivity index (χ2v) is 5.61. The van der Waals surface area contributed by atoms with Crippen LogP contribution in [0.25, 0.3) is 0 Å². The lowest BCUT2D eigenvalue weighted by molar-refractivity contribution is 0.301. The summed E-state index contributed by atoms with van der Waals surface area (Å²) in [4.78, 5) is 0. The minimum atomic E-state index is -0.0239. The highest BCUT2D eigenvalue weighted by Crippen LogP contribution is 2.26. The van der Waals surface area contributed by atoms with Crippen LogP contribution < -0.4 is 10.5 Å². The van der Waals surface area contributed by atoms with Gasteiger partial charge in [0.2, 0.25) is 0 Å². The molecule has 0 aromatic heterocycles. The first-order valence-electron chi connectivity index (χ1n) is 7.02. The quantitative estimate of drug-likeness (QED) is 0.902. The molecular weight excluding hydrogens is 246 g/mol. The van der Waals surface area contributed by atoms with E-state index < -0.39 is 0 Å². The summed E-state index contributed by atoms with van der Waals surface area (Å²) in [5, 5.41) is 0. The van der Waals surface area contributed by atoms with Crippen molar-refractivity contribution in [2.45, 2.75) is 40.3 Å². The molecule has 2 rings (SSSR count). The van der Waals surface area contributed by atoms with Crippen molar-refractivity contribution in [3.05, 3.63) is 64.2 Å². The maximum atomic E-state index is 6.02. The van der Waals surface area contributed by atoms with E-state index in [9.17, 15) is 0 Å². The number of benzene rings is 2. The summed E-state index contributed by atoms with van der Waals surface area (Å²) in [5.41, 5.74) is 12.0. The summed E-state index contributed by atoms with van der Waals surface area (Å²) in [6.45, 7) is 8.84.